The molecule has 0 aliphatic carbocycles. The largest absolute Gasteiger partial charge is 0.497 e. The van der Waals surface area contributed by atoms with Crippen molar-refractivity contribution in [3.63, 3.8) is 0 Å². The number of hydrogen-bond acceptors (Lipinski definition) is 5. The summed E-state index contributed by atoms with van der Waals surface area (Å²) in [6.45, 7) is 0.783. The van der Waals surface area contributed by atoms with Gasteiger partial charge in [0.25, 0.3) is 11.6 Å². The minimum Gasteiger partial charge on any atom is -0.497 e. The van der Waals surface area contributed by atoms with Gasteiger partial charge in [-0.05, 0) is 36.6 Å². The molecule has 4 rings (SSSR count). The highest BCUT2D eigenvalue weighted by molar-refractivity contribution is 6.11. The summed E-state index contributed by atoms with van der Waals surface area (Å²) < 4.78 is 5.26. The van der Waals surface area contributed by atoms with Gasteiger partial charge in [-0.1, -0.05) is 12.1 Å². The molecule has 8 nitrogen and oxygen atoms in total. The third kappa shape index (κ3) is 2.96. The molecular weight excluding hydrogens is 362 g/mol. The first-order valence-corrected chi connectivity index (χ1v) is 9.03. The van der Waals surface area contributed by atoms with Gasteiger partial charge in [-0.25, -0.2) is 0 Å². The molecule has 144 valence electrons. The summed E-state index contributed by atoms with van der Waals surface area (Å²) in [6, 6.07) is 10.7. The zero-order valence-corrected chi connectivity index (χ0v) is 15.3. The van der Waals surface area contributed by atoms with Gasteiger partial charge in [-0.2, -0.15) is 0 Å². The molecule has 2 aromatic carbocycles. The molecule has 2 aromatic rings. The summed E-state index contributed by atoms with van der Waals surface area (Å²) in [5.74, 6) is 0.247. The molecule has 0 bridgehead atoms. The van der Waals surface area contributed by atoms with Crippen molar-refractivity contribution >= 4 is 23.2 Å². The Hall–Kier alpha value is -3.42. The Morgan fingerprint density at radius 1 is 1.18 bits per heavy atom. The van der Waals surface area contributed by atoms with Gasteiger partial charge in [0.15, 0.2) is 0 Å². The minimum absolute atomic E-state index is 0.00627. The highest BCUT2D eigenvalue weighted by Gasteiger charge is 2.42. The molecule has 1 saturated heterocycles. The van der Waals surface area contributed by atoms with Crippen molar-refractivity contribution in [3.8, 4) is 5.75 Å². The maximum atomic E-state index is 13.3. The lowest BCUT2D eigenvalue weighted by atomic mass is 10.1. The molecule has 1 fully saturated rings. The normalized spacial score (nSPS) is 18.5. The molecule has 0 spiro atoms. The van der Waals surface area contributed by atoms with E-state index in [-0.39, 0.29) is 24.0 Å². The SMILES string of the molecule is COc1ccc2c(c1)C(=O)N1CCC[C@H]1C(=O)N2Cc1ccc([N+](=O)[O-])cc1. The van der Waals surface area contributed by atoms with E-state index in [4.69, 9.17) is 4.74 Å². The van der Waals surface area contributed by atoms with Crippen LogP contribution in [0.15, 0.2) is 42.5 Å². The van der Waals surface area contributed by atoms with E-state index in [1.165, 1.54) is 19.2 Å². The smallest absolute Gasteiger partial charge is 0.269 e. The summed E-state index contributed by atoms with van der Waals surface area (Å²) in [5.41, 5.74) is 1.70. The number of anilines is 1. The molecular formula is C20H19N3O5. The number of carbonyl (C=O) groups excluding carboxylic acids is 2. The fourth-order valence-electron chi connectivity index (χ4n) is 3.84. The van der Waals surface area contributed by atoms with Gasteiger partial charge in [-0.15, -0.1) is 0 Å². The van der Waals surface area contributed by atoms with Crippen molar-refractivity contribution in [3.05, 3.63) is 63.7 Å². The Labute approximate surface area is 161 Å². The molecule has 0 unspecified atom stereocenters. The van der Waals surface area contributed by atoms with Crippen LogP contribution in [0, 0.1) is 10.1 Å². The van der Waals surface area contributed by atoms with Crippen molar-refractivity contribution in [2.75, 3.05) is 18.6 Å². The fraction of sp³-hybridized carbons (Fsp3) is 0.300. The summed E-state index contributed by atoms with van der Waals surface area (Å²) in [7, 11) is 1.53. The number of carbonyl (C=O) groups is 2. The number of rotatable bonds is 4. The van der Waals surface area contributed by atoms with Gasteiger partial charge in [0, 0.05) is 18.7 Å². The first kappa shape index (κ1) is 18.0. The molecule has 28 heavy (non-hydrogen) atoms. The monoisotopic (exact) mass is 381 g/mol. The Kier molecular flexibility index (Phi) is 4.46. The Morgan fingerprint density at radius 2 is 1.93 bits per heavy atom. The molecule has 0 N–H and O–H groups in total. The van der Waals surface area contributed by atoms with Crippen LogP contribution in [0.4, 0.5) is 11.4 Å². The van der Waals surface area contributed by atoms with Gasteiger partial charge in [0.1, 0.15) is 11.8 Å². The quantitative estimate of drug-likeness (QED) is 0.600. The number of fused-ring (bicyclic) bond motifs is 2. The van der Waals surface area contributed by atoms with E-state index >= 15 is 0 Å². The molecule has 0 saturated carbocycles. The second-order valence-electron chi connectivity index (χ2n) is 6.89. The Morgan fingerprint density at radius 3 is 2.61 bits per heavy atom. The molecule has 0 radical (unpaired) electrons. The summed E-state index contributed by atoms with van der Waals surface area (Å²) in [5, 5.41) is 10.9. The fourth-order valence-corrected chi connectivity index (χ4v) is 3.84. The number of nitro groups is 1. The summed E-state index contributed by atoms with van der Waals surface area (Å²) in [6.07, 6.45) is 1.42. The highest BCUT2D eigenvalue weighted by Crippen LogP contribution is 2.35. The first-order valence-electron chi connectivity index (χ1n) is 9.03. The van der Waals surface area contributed by atoms with Crippen LogP contribution >= 0.6 is 0 Å². The first-order chi connectivity index (χ1) is 13.5. The van der Waals surface area contributed by atoms with Crippen LogP contribution in [0.2, 0.25) is 0 Å². The van der Waals surface area contributed by atoms with E-state index in [1.807, 2.05) is 0 Å². The van der Waals surface area contributed by atoms with Gasteiger partial charge >= 0.3 is 0 Å². The molecule has 1 atom stereocenters. The topological polar surface area (TPSA) is 93.0 Å². The summed E-state index contributed by atoms with van der Waals surface area (Å²) in [4.78, 5) is 40.0. The lowest BCUT2D eigenvalue weighted by molar-refractivity contribution is -0.384. The second kappa shape index (κ2) is 6.95. The van der Waals surface area contributed by atoms with E-state index in [9.17, 15) is 19.7 Å². The van der Waals surface area contributed by atoms with Crippen LogP contribution in [0.25, 0.3) is 0 Å². The third-order valence-corrected chi connectivity index (χ3v) is 5.28. The third-order valence-electron chi connectivity index (χ3n) is 5.28. The maximum Gasteiger partial charge on any atom is 0.269 e. The molecule has 2 heterocycles. The highest BCUT2D eigenvalue weighted by atomic mass is 16.6. The van der Waals surface area contributed by atoms with Crippen LogP contribution < -0.4 is 9.64 Å². The van der Waals surface area contributed by atoms with Crippen molar-refractivity contribution in [1.82, 2.24) is 4.90 Å². The van der Waals surface area contributed by atoms with Crippen molar-refractivity contribution in [2.24, 2.45) is 0 Å². The van der Waals surface area contributed by atoms with E-state index in [2.05, 4.69) is 0 Å². The van der Waals surface area contributed by atoms with Crippen LogP contribution in [0.3, 0.4) is 0 Å². The number of ether oxygens (including phenoxy) is 1. The molecule has 0 aromatic heterocycles. The predicted molar refractivity (Wildman–Crippen MR) is 101 cm³/mol. The summed E-state index contributed by atoms with van der Waals surface area (Å²) >= 11 is 0. The zero-order valence-electron chi connectivity index (χ0n) is 15.3. The van der Waals surface area contributed by atoms with Gasteiger partial charge in [-0.3, -0.25) is 19.7 Å². The number of methoxy groups -OCH3 is 1. The minimum atomic E-state index is -0.482. The number of nitrogens with zero attached hydrogens (tertiary/aromatic N) is 3. The van der Waals surface area contributed by atoms with E-state index in [0.717, 1.165) is 12.0 Å². The van der Waals surface area contributed by atoms with E-state index in [0.29, 0.717) is 30.0 Å². The van der Waals surface area contributed by atoms with E-state index in [1.54, 1.807) is 40.1 Å². The molecule has 2 aliphatic rings. The lowest BCUT2D eigenvalue weighted by Crippen LogP contribution is -2.44. The van der Waals surface area contributed by atoms with Crippen LogP contribution in [-0.2, 0) is 11.3 Å². The second-order valence-corrected chi connectivity index (χ2v) is 6.89. The average molecular weight is 381 g/mol. The molecule has 8 heteroatoms. The zero-order chi connectivity index (χ0) is 19.8. The number of non-ortho nitro benzene ring substituents is 1. The number of hydrogen-bond donors (Lipinski definition) is 0. The van der Waals surface area contributed by atoms with Gasteiger partial charge < -0.3 is 14.5 Å². The molecule has 2 aliphatic heterocycles. The average Bonchev–Trinajstić information content (AvgIpc) is 3.18. The lowest BCUT2D eigenvalue weighted by Gasteiger charge is -2.26. The number of benzene rings is 2. The van der Waals surface area contributed by atoms with Gasteiger partial charge in [0.05, 0.1) is 29.8 Å². The Balaban J connectivity index is 1.76. The standard InChI is InChI=1S/C20H19N3O5/c1-28-15-8-9-17-16(11-15)19(24)21-10-2-3-18(21)20(25)22(17)12-13-4-6-14(7-5-13)23(26)27/h4-9,11,18H,2-3,10,12H2,1H3/t18-/m0/s1. The van der Waals surface area contributed by atoms with Gasteiger partial charge in [0.2, 0.25) is 5.91 Å². The van der Waals surface area contributed by atoms with Crippen molar-refractivity contribution in [1.29, 1.82) is 0 Å². The van der Waals surface area contributed by atoms with Crippen molar-refractivity contribution < 1.29 is 19.2 Å². The van der Waals surface area contributed by atoms with Crippen LogP contribution in [-0.4, -0.2) is 41.3 Å². The van der Waals surface area contributed by atoms with Crippen LogP contribution in [0.1, 0.15) is 28.8 Å². The van der Waals surface area contributed by atoms with E-state index < -0.39 is 11.0 Å². The predicted octanol–water partition coefficient (Wildman–Crippen LogP) is 2.75. The Bertz CT molecular complexity index is 957. The molecule has 2 amide bonds. The maximum absolute atomic E-state index is 13.3. The van der Waals surface area contributed by atoms with Crippen molar-refractivity contribution in [2.45, 2.75) is 25.4 Å². The number of amides is 2. The number of nitro benzene ring substituents is 1. The van der Waals surface area contributed by atoms with Crippen LogP contribution in [0.5, 0.6) is 5.75 Å².